The summed E-state index contributed by atoms with van der Waals surface area (Å²) in [5.41, 5.74) is 1.37. The molecular weight excluding hydrogens is 328 g/mol. The van der Waals surface area contributed by atoms with Crippen molar-refractivity contribution >= 4 is 21.9 Å². The fourth-order valence-electron chi connectivity index (χ4n) is 2.70. The molecule has 0 amide bonds. The maximum atomic E-state index is 4.39. The molecule has 0 bridgehead atoms. The van der Waals surface area contributed by atoms with Gasteiger partial charge in [0, 0.05) is 44.6 Å². The van der Waals surface area contributed by atoms with E-state index in [2.05, 4.69) is 73.0 Å². The minimum Gasteiger partial charge on any atom is -0.338 e. The summed E-state index contributed by atoms with van der Waals surface area (Å²) in [5.74, 6) is 0.824. The Hall–Kier alpha value is -1.46. The third-order valence-electron chi connectivity index (χ3n) is 3.88. The smallest absolute Gasteiger partial charge is 0.225 e. The molecule has 1 fully saturated rings. The summed E-state index contributed by atoms with van der Waals surface area (Å²) in [5, 5.41) is 0. The molecule has 5 heteroatoms. The Bertz CT molecular complexity index is 573. The van der Waals surface area contributed by atoms with Gasteiger partial charge in [-0.3, -0.25) is 4.90 Å². The summed E-state index contributed by atoms with van der Waals surface area (Å²) < 4.78 is 0.919. The van der Waals surface area contributed by atoms with Crippen LogP contribution in [0.5, 0.6) is 0 Å². The van der Waals surface area contributed by atoms with Gasteiger partial charge in [0.25, 0.3) is 0 Å². The van der Waals surface area contributed by atoms with Gasteiger partial charge < -0.3 is 4.90 Å². The summed E-state index contributed by atoms with van der Waals surface area (Å²) in [6, 6.07) is 11.1. The lowest BCUT2D eigenvalue weighted by molar-refractivity contribution is 0.180. The first-order valence-electron chi connectivity index (χ1n) is 7.23. The average Bonchev–Trinajstić information content (AvgIpc) is 2.51. The van der Waals surface area contributed by atoms with Gasteiger partial charge in [0.2, 0.25) is 5.95 Å². The highest BCUT2D eigenvalue weighted by atomic mass is 79.9. The zero-order chi connectivity index (χ0) is 14.7. The molecule has 0 spiro atoms. The van der Waals surface area contributed by atoms with E-state index in [-0.39, 0.29) is 0 Å². The van der Waals surface area contributed by atoms with Crippen molar-refractivity contribution in [1.29, 1.82) is 0 Å². The maximum Gasteiger partial charge on any atom is 0.225 e. The largest absolute Gasteiger partial charge is 0.338 e. The Morgan fingerprint density at radius 2 is 1.86 bits per heavy atom. The van der Waals surface area contributed by atoms with E-state index < -0.39 is 0 Å². The van der Waals surface area contributed by atoms with E-state index in [1.807, 2.05) is 12.4 Å². The minimum atomic E-state index is 0.492. The van der Waals surface area contributed by atoms with Gasteiger partial charge >= 0.3 is 0 Å². The number of piperazine rings is 1. The summed E-state index contributed by atoms with van der Waals surface area (Å²) in [6.45, 7) is 6.26. The molecule has 0 aliphatic carbocycles. The molecule has 1 aromatic heterocycles. The lowest BCUT2D eigenvalue weighted by Gasteiger charge is -2.39. The SMILES string of the molecule is CC1CN(c2ncc(Br)cn2)CCN1Cc1ccccc1. The van der Waals surface area contributed by atoms with Gasteiger partial charge in [-0.25, -0.2) is 9.97 Å². The van der Waals surface area contributed by atoms with E-state index >= 15 is 0 Å². The molecule has 110 valence electrons. The van der Waals surface area contributed by atoms with Crippen LogP contribution in [0.1, 0.15) is 12.5 Å². The van der Waals surface area contributed by atoms with Crippen LogP contribution in [0.4, 0.5) is 5.95 Å². The van der Waals surface area contributed by atoms with Crippen molar-refractivity contribution in [3.05, 3.63) is 52.8 Å². The topological polar surface area (TPSA) is 32.3 Å². The number of benzene rings is 1. The van der Waals surface area contributed by atoms with Crippen LogP contribution in [-0.2, 0) is 6.54 Å². The maximum absolute atomic E-state index is 4.39. The fraction of sp³-hybridized carbons (Fsp3) is 0.375. The number of anilines is 1. The number of rotatable bonds is 3. The first kappa shape index (κ1) is 14.5. The van der Waals surface area contributed by atoms with Crippen molar-refractivity contribution in [1.82, 2.24) is 14.9 Å². The minimum absolute atomic E-state index is 0.492. The van der Waals surface area contributed by atoms with Crippen molar-refractivity contribution in [2.24, 2.45) is 0 Å². The Morgan fingerprint density at radius 3 is 2.52 bits per heavy atom. The Morgan fingerprint density at radius 1 is 1.14 bits per heavy atom. The van der Waals surface area contributed by atoms with Crippen LogP contribution in [0.25, 0.3) is 0 Å². The van der Waals surface area contributed by atoms with Crippen LogP contribution in [0.15, 0.2) is 47.2 Å². The molecule has 1 aromatic carbocycles. The highest BCUT2D eigenvalue weighted by Gasteiger charge is 2.24. The lowest BCUT2D eigenvalue weighted by atomic mass is 10.1. The molecule has 0 saturated carbocycles. The number of hydrogen-bond acceptors (Lipinski definition) is 4. The van der Waals surface area contributed by atoms with Crippen molar-refractivity contribution in [2.45, 2.75) is 19.5 Å². The highest BCUT2D eigenvalue weighted by Crippen LogP contribution is 2.18. The summed E-state index contributed by atoms with van der Waals surface area (Å²) in [7, 11) is 0. The summed E-state index contributed by atoms with van der Waals surface area (Å²) in [6.07, 6.45) is 3.62. The molecule has 1 saturated heterocycles. The number of halogens is 1. The van der Waals surface area contributed by atoms with E-state index in [4.69, 9.17) is 0 Å². The van der Waals surface area contributed by atoms with Gasteiger partial charge in [0.15, 0.2) is 0 Å². The van der Waals surface area contributed by atoms with Gasteiger partial charge in [-0.05, 0) is 28.4 Å². The average molecular weight is 347 g/mol. The van der Waals surface area contributed by atoms with Crippen LogP contribution in [0, 0.1) is 0 Å². The molecule has 2 heterocycles. The van der Waals surface area contributed by atoms with Crippen molar-refractivity contribution in [3.8, 4) is 0 Å². The van der Waals surface area contributed by atoms with Gasteiger partial charge in [-0.2, -0.15) is 0 Å². The molecule has 1 aliphatic rings. The second kappa shape index (κ2) is 6.54. The van der Waals surface area contributed by atoms with E-state index in [1.165, 1.54) is 5.56 Å². The second-order valence-electron chi connectivity index (χ2n) is 5.45. The second-order valence-corrected chi connectivity index (χ2v) is 6.37. The zero-order valence-corrected chi connectivity index (χ0v) is 13.7. The van der Waals surface area contributed by atoms with Crippen LogP contribution < -0.4 is 4.90 Å². The monoisotopic (exact) mass is 346 g/mol. The first-order chi connectivity index (χ1) is 10.2. The van der Waals surface area contributed by atoms with E-state index in [9.17, 15) is 0 Å². The third-order valence-corrected chi connectivity index (χ3v) is 4.29. The van der Waals surface area contributed by atoms with E-state index in [0.717, 1.165) is 36.6 Å². The van der Waals surface area contributed by atoms with Gasteiger partial charge in [-0.15, -0.1) is 0 Å². The van der Waals surface area contributed by atoms with Crippen LogP contribution in [0.2, 0.25) is 0 Å². The van der Waals surface area contributed by atoms with E-state index in [0.29, 0.717) is 6.04 Å². The molecule has 2 aromatic rings. The predicted molar refractivity (Wildman–Crippen MR) is 88.3 cm³/mol. The van der Waals surface area contributed by atoms with Gasteiger partial charge in [-0.1, -0.05) is 30.3 Å². The van der Waals surface area contributed by atoms with E-state index in [1.54, 1.807) is 0 Å². The number of nitrogens with zero attached hydrogens (tertiary/aromatic N) is 4. The van der Waals surface area contributed by atoms with Crippen LogP contribution >= 0.6 is 15.9 Å². The zero-order valence-electron chi connectivity index (χ0n) is 12.1. The summed E-state index contributed by atoms with van der Waals surface area (Å²) in [4.78, 5) is 13.6. The number of aromatic nitrogens is 2. The Kier molecular flexibility index (Phi) is 4.51. The molecule has 21 heavy (non-hydrogen) atoms. The van der Waals surface area contributed by atoms with Crippen molar-refractivity contribution < 1.29 is 0 Å². The normalized spacial score (nSPS) is 19.7. The Labute approximate surface area is 133 Å². The molecule has 0 radical (unpaired) electrons. The molecule has 1 unspecified atom stereocenters. The standard InChI is InChI=1S/C16H19BrN4/c1-13-11-21(16-18-9-15(17)10-19-16)8-7-20(13)12-14-5-3-2-4-6-14/h2-6,9-10,13H,7-8,11-12H2,1H3. The predicted octanol–water partition coefficient (Wildman–Crippen LogP) is 2.95. The summed E-state index contributed by atoms with van der Waals surface area (Å²) >= 11 is 3.38. The fourth-order valence-corrected chi connectivity index (χ4v) is 2.90. The molecule has 0 N–H and O–H groups in total. The first-order valence-corrected chi connectivity index (χ1v) is 8.02. The quantitative estimate of drug-likeness (QED) is 0.855. The molecule has 4 nitrogen and oxygen atoms in total. The van der Waals surface area contributed by atoms with Crippen molar-refractivity contribution in [3.63, 3.8) is 0 Å². The highest BCUT2D eigenvalue weighted by molar-refractivity contribution is 9.10. The van der Waals surface area contributed by atoms with Crippen molar-refractivity contribution in [2.75, 3.05) is 24.5 Å². The van der Waals surface area contributed by atoms with Gasteiger partial charge in [0.05, 0.1) is 4.47 Å². The number of hydrogen-bond donors (Lipinski definition) is 0. The van der Waals surface area contributed by atoms with Crippen LogP contribution in [0.3, 0.4) is 0 Å². The van der Waals surface area contributed by atoms with Gasteiger partial charge in [0.1, 0.15) is 0 Å². The molecular formula is C16H19BrN4. The molecule has 1 atom stereocenters. The molecule has 3 rings (SSSR count). The molecule has 1 aliphatic heterocycles. The van der Waals surface area contributed by atoms with Crippen LogP contribution in [-0.4, -0.2) is 40.5 Å². The third kappa shape index (κ3) is 3.60. The Balaban J connectivity index is 1.63. The lowest BCUT2D eigenvalue weighted by Crippen LogP contribution is -2.51.